The van der Waals surface area contributed by atoms with Gasteiger partial charge in [0.1, 0.15) is 5.82 Å². The highest BCUT2D eigenvalue weighted by atomic mass is 19.1. The standard InChI is InChI=1S/C14H20FN/c1-10(2)13(9-16-4)7-12-6-5-11(3)14(15)8-12/h5-8,10,16H,9H2,1-4H3. The van der Waals surface area contributed by atoms with Gasteiger partial charge >= 0.3 is 0 Å². The number of aryl methyl sites for hydroxylation is 1. The monoisotopic (exact) mass is 221 g/mol. The van der Waals surface area contributed by atoms with Gasteiger partial charge in [-0.25, -0.2) is 4.39 Å². The summed E-state index contributed by atoms with van der Waals surface area (Å²) in [7, 11) is 1.92. The summed E-state index contributed by atoms with van der Waals surface area (Å²) < 4.78 is 13.4. The number of nitrogens with one attached hydrogen (secondary N) is 1. The van der Waals surface area contributed by atoms with Crippen LogP contribution in [0.25, 0.3) is 6.08 Å². The minimum absolute atomic E-state index is 0.138. The highest BCUT2D eigenvalue weighted by molar-refractivity contribution is 5.54. The third-order valence-electron chi connectivity index (χ3n) is 2.67. The molecule has 0 heterocycles. The smallest absolute Gasteiger partial charge is 0.126 e. The molecule has 1 N–H and O–H groups in total. The van der Waals surface area contributed by atoms with E-state index in [1.807, 2.05) is 19.2 Å². The zero-order valence-electron chi connectivity index (χ0n) is 10.5. The summed E-state index contributed by atoms with van der Waals surface area (Å²) in [6, 6.07) is 5.36. The SMILES string of the molecule is CNCC(=Cc1ccc(C)c(F)c1)C(C)C. The Morgan fingerprint density at radius 1 is 1.44 bits per heavy atom. The van der Waals surface area contributed by atoms with Gasteiger partial charge in [-0.1, -0.05) is 37.6 Å². The first-order chi connectivity index (χ1) is 7.54. The van der Waals surface area contributed by atoms with Crippen molar-refractivity contribution in [1.29, 1.82) is 0 Å². The van der Waals surface area contributed by atoms with Crippen molar-refractivity contribution in [3.05, 3.63) is 40.7 Å². The van der Waals surface area contributed by atoms with Crippen molar-refractivity contribution < 1.29 is 4.39 Å². The van der Waals surface area contributed by atoms with Crippen LogP contribution in [0.3, 0.4) is 0 Å². The summed E-state index contributed by atoms with van der Waals surface area (Å²) in [5.74, 6) is 0.332. The Labute approximate surface area is 97.4 Å². The number of likely N-dealkylation sites (N-methyl/N-ethyl adjacent to an activating group) is 1. The molecule has 1 rings (SSSR count). The maximum Gasteiger partial charge on any atom is 0.126 e. The molecule has 1 nitrogen and oxygen atoms in total. The van der Waals surface area contributed by atoms with Crippen LogP contribution in [0.15, 0.2) is 23.8 Å². The van der Waals surface area contributed by atoms with E-state index in [1.54, 1.807) is 13.0 Å². The molecule has 0 unspecified atom stereocenters. The maximum absolute atomic E-state index is 13.4. The minimum atomic E-state index is -0.138. The van der Waals surface area contributed by atoms with Gasteiger partial charge in [-0.3, -0.25) is 0 Å². The van der Waals surface area contributed by atoms with Crippen molar-refractivity contribution >= 4 is 6.08 Å². The van der Waals surface area contributed by atoms with Crippen LogP contribution in [0.1, 0.15) is 25.0 Å². The van der Waals surface area contributed by atoms with Gasteiger partial charge in [0.25, 0.3) is 0 Å². The molecule has 88 valence electrons. The van der Waals surface area contributed by atoms with Gasteiger partial charge in [-0.15, -0.1) is 0 Å². The molecule has 0 atom stereocenters. The van der Waals surface area contributed by atoms with Crippen LogP contribution < -0.4 is 5.32 Å². The van der Waals surface area contributed by atoms with Crippen LogP contribution >= 0.6 is 0 Å². The summed E-state index contributed by atoms with van der Waals surface area (Å²) >= 11 is 0. The Hall–Kier alpha value is -1.15. The Morgan fingerprint density at radius 2 is 2.12 bits per heavy atom. The van der Waals surface area contributed by atoms with Gasteiger partial charge in [0.05, 0.1) is 0 Å². The fourth-order valence-corrected chi connectivity index (χ4v) is 1.54. The van der Waals surface area contributed by atoms with E-state index in [2.05, 4.69) is 25.2 Å². The van der Waals surface area contributed by atoms with E-state index in [0.717, 1.165) is 12.1 Å². The average Bonchev–Trinajstić information content (AvgIpc) is 2.22. The molecule has 0 radical (unpaired) electrons. The maximum atomic E-state index is 13.4. The van der Waals surface area contributed by atoms with Crippen molar-refractivity contribution in [1.82, 2.24) is 5.32 Å². The van der Waals surface area contributed by atoms with Gasteiger partial charge in [0.15, 0.2) is 0 Å². The number of hydrogen-bond donors (Lipinski definition) is 1. The first-order valence-electron chi connectivity index (χ1n) is 5.65. The van der Waals surface area contributed by atoms with E-state index in [9.17, 15) is 4.39 Å². The summed E-state index contributed by atoms with van der Waals surface area (Å²) in [4.78, 5) is 0. The lowest BCUT2D eigenvalue weighted by atomic mass is 10.00. The third-order valence-corrected chi connectivity index (χ3v) is 2.67. The fourth-order valence-electron chi connectivity index (χ4n) is 1.54. The second-order valence-corrected chi connectivity index (χ2v) is 4.41. The van der Waals surface area contributed by atoms with Gasteiger partial charge < -0.3 is 5.32 Å². The lowest BCUT2D eigenvalue weighted by Crippen LogP contribution is -2.13. The molecule has 1 aromatic carbocycles. The van der Waals surface area contributed by atoms with Crippen LogP contribution in [0, 0.1) is 18.7 Å². The van der Waals surface area contributed by atoms with Crippen molar-refractivity contribution in [2.24, 2.45) is 5.92 Å². The minimum Gasteiger partial charge on any atom is -0.316 e. The van der Waals surface area contributed by atoms with E-state index in [1.165, 1.54) is 5.57 Å². The zero-order valence-corrected chi connectivity index (χ0v) is 10.5. The number of hydrogen-bond acceptors (Lipinski definition) is 1. The first kappa shape index (κ1) is 12.9. The van der Waals surface area contributed by atoms with Crippen LogP contribution in [-0.2, 0) is 0 Å². The van der Waals surface area contributed by atoms with E-state index in [-0.39, 0.29) is 5.82 Å². The summed E-state index contributed by atoms with van der Waals surface area (Å²) in [6.45, 7) is 6.91. The quantitative estimate of drug-likeness (QED) is 0.821. The van der Waals surface area contributed by atoms with Gasteiger partial charge in [-0.05, 0) is 37.1 Å². The Morgan fingerprint density at radius 3 is 2.62 bits per heavy atom. The molecule has 0 saturated heterocycles. The van der Waals surface area contributed by atoms with Gasteiger partial charge in [-0.2, -0.15) is 0 Å². The molecule has 0 aromatic heterocycles. The number of rotatable bonds is 4. The molecular weight excluding hydrogens is 201 g/mol. The molecule has 16 heavy (non-hydrogen) atoms. The molecular formula is C14H20FN. The van der Waals surface area contributed by atoms with E-state index < -0.39 is 0 Å². The molecule has 0 aliphatic carbocycles. The second-order valence-electron chi connectivity index (χ2n) is 4.41. The zero-order chi connectivity index (χ0) is 12.1. The Kier molecular flexibility index (Phi) is 4.69. The average molecular weight is 221 g/mol. The van der Waals surface area contributed by atoms with Crippen LogP contribution in [0.2, 0.25) is 0 Å². The third kappa shape index (κ3) is 3.46. The lowest BCUT2D eigenvalue weighted by molar-refractivity contribution is 0.618. The predicted molar refractivity (Wildman–Crippen MR) is 67.9 cm³/mol. The first-order valence-corrected chi connectivity index (χ1v) is 5.65. The highest BCUT2D eigenvalue weighted by Crippen LogP contribution is 2.16. The molecule has 0 saturated carbocycles. The summed E-state index contributed by atoms with van der Waals surface area (Å²) in [5.41, 5.74) is 2.91. The van der Waals surface area contributed by atoms with Gasteiger partial charge in [0, 0.05) is 6.54 Å². The van der Waals surface area contributed by atoms with E-state index in [4.69, 9.17) is 0 Å². The molecule has 0 fully saturated rings. The molecule has 0 aliphatic heterocycles. The van der Waals surface area contributed by atoms with Gasteiger partial charge in [0.2, 0.25) is 0 Å². The largest absolute Gasteiger partial charge is 0.316 e. The molecule has 2 heteroatoms. The molecule has 0 aliphatic rings. The molecule has 1 aromatic rings. The predicted octanol–water partition coefficient (Wildman–Crippen LogP) is 3.39. The van der Waals surface area contributed by atoms with E-state index in [0.29, 0.717) is 11.5 Å². The molecule has 0 bridgehead atoms. The summed E-state index contributed by atoms with van der Waals surface area (Å²) in [6.07, 6.45) is 2.06. The van der Waals surface area contributed by atoms with Crippen molar-refractivity contribution in [2.75, 3.05) is 13.6 Å². The fraction of sp³-hybridized carbons (Fsp3) is 0.429. The van der Waals surface area contributed by atoms with E-state index >= 15 is 0 Å². The van der Waals surface area contributed by atoms with Crippen LogP contribution in [-0.4, -0.2) is 13.6 Å². The molecule has 0 amide bonds. The van der Waals surface area contributed by atoms with Crippen LogP contribution in [0.4, 0.5) is 4.39 Å². The van der Waals surface area contributed by atoms with Crippen molar-refractivity contribution in [3.63, 3.8) is 0 Å². The highest BCUT2D eigenvalue weighted by Gasteiger charge is 2.03. The normalized spacial score (nSPS) is 12.2. The Balaban J connectivity index is 2.98. The number of benzene rings is 1. The molecule has 0 spiro atoms. The Bertz CT molecular complexity index is 380. The second kappa shape index (κ2) is 5.80. The summed E-state index contributed by atoms with van der Waals surface area (Å²) in [5, 5.41) is 3.13. The lowest BCUT2D eigenvalue weighted by Gasteiger charge is -2.11. The van der Waals surface area contributed by atoms with Crippen LogP contribution in [0.5, 0.6) is 0 Å². The van der Waals surface area contributed by atoms with Crippen molar-refractivity contribution in [3.8, 4) is 0 Å². The van der Waals surface area contributed by atoms with Crippen molar-refractivity contribution in [2.45, 2.75) is 20.8 Å². The number of halogens is 1. The topological polar surface area (TPSA) is 12.0 Å².